The second-order valence-electron chi connectivity index (χ2n) is 4.58. The van der Waals surface area contributed by atoms with Gasteiger partial charge in [0.15, 0.2) is 0 Å². The molecule has 0 atom stereocenters. The van der Waals surface area contributed by atoms with Gasteiger partial charge in [-0.2, -0.15) is 0 Å². The number of rotatable bonds is 5. The molecule has 0 fully saturated rings. The number of halogens is 1. The third kappa shape index (κ3) is 3.64. The van der Waals surface area contributed by atoms with Crippen LogP contribution in [-0.2, 0) is 6.54 Å². The van der Waals surface area contributed by atoms with Crippen LogP contribution in [0.4, 0.5) is 11.4 Å². The van der Waals surface area contributed by atoms with E-state index >= 15 is 0 Å². The van der Waals surface area contributed by atoms with E-state index in [1.807, 2.05) is 25.1 Å². The molecule has 0 aliphatic heterocycles. The van der Waals surface area contributed by atoms with Gasteiger partial charge in [0.2, 0.25) is 0 Å². The Bertz CT molecular complexity index is 674. The number of aryl methyl sites for hydroxylation is 1. The summed E-state index contributed by atoms with van der Waals surface area (Å²) in [6, 6.07) is 10.4. The van der Waals surface area contributed by atoms with Crippen LogP contribution in [0.5, 0.6) is 5.75 Å². The zero-order valence-electron chi connectivity index (χ0n) is 11.7. The smallest absolute Gasteiger partial charge is 0.296 e. The maximum atomic E-state index is 11.1. The molecule has 1 N–H and O–H groups in total. The third-order valence-electron chi connectivity index (χ3n) is 3.12. The van der Waals surface area contributed by atoms with Crippen molar-refractivity contribution < 1.29 is 9.66 Å². The van der Waals surface area contributed by atoms with Gasteiger partial charge in [-0.3, -0.25) is 10.1 Å². The third-order valence-corrected chi connectivity index (χ3v) is 3.53. The fraction of sp³-hybridized carbons (Fsp3) is 0.200. The summed E-state index contributed by atoms with van der Waals surface area (Å²) in [6.07, 6.45) is 0. The zero-order valence-corrected chi connectivity index (χ0v) is 12.5. The van der Waals surface area contributed by atoms with Crippen molar-refractivity contribution in [2.75, 3.05) is 12.4 Å². The van der Waals surface area contributed by atoms with Gasteiger partial charge in [-0.1, -0.05) is 23.7 Å². The molecule has 5 nitrogen and oxygen atoms in total. The number of ether oxygens (including phenoxy) is 1. The van der Waals surface area contributed by atoms with Crippen molar-refractivity contribution in [1.29, 1.82) is 0 Å². The highest BCUT2D eigenvalue weighted by Gasteiger charge is 2.14. The number of nitrogens with one attached hydrogen (secondary N) is 1. The fourth-order valence-corrected chi connectivity index (χ4v) is 2.09. The Kier molecular flexibility index (Phi) is 4.65. The van der Waals surface area contributed by atoms with E-state index in [0.29, 0.717) is 23.0 Å². The van der Waals surface area contributed by atoms with Crippen molar-refractivity contribution in [1.82, 2.24) is 0 Å². The van der Waals surface area contributed by atoms with E-state index in [0.717, 1.165) is 11.1 Å². The largest absolute Gasteiger partial charge is 0.496 e. The first-order valence-corrected chi connectivity index (χ1v) is 6.70. The average Bonchev–Trinajstić information content (AvgIpc) is 2.48. The molecule has 0 saturated carbocycles. The van der Waals surface area contributed by atoms with Crippen LogP contribution in [0.2, 0.25) is 5.02 Å². The second kappa shape index (κ2) is 6.45. The molecule has 2 aromatic rings. The van der Waals surface area contributed by atoms with Crippen LogP contribution in [0.3, 0.4) is 0 Å². The summed E-state index contributed by atoms with van der Waals surface area (Å²) in [5.74, 6) is 0.450. The summed E-state index contributed by atoms with van der Waals surface area (Å²) in [4.78, 5) is 10.7. The first-order chi connectivity index (χ1) is 10.0. The van der Waals surface area contributed by atoms with Crippen molar-refractivity contribution >= 4 is 23.0 Å². The van der Waals surface area contributed by atoms with Crippen LogP contribution in [0.1, 0.15) is 11.1 Å². The van der Waals surface area contributed by atoms with Crippen molar-refractivity contribution in [2.45, 2.75) is 13.5 Å². The van der Waals surface area contributed by atoms with E-state index < -0.39 is 4.92 Å². The molecule has 0 saturated heterocycles. The topological polar surface area (TPSA) is 64.4 Å². The van der Waals surface area contributed by atoms with Gasteiger partial charge in [-0.15, -0.1) is 0 Å². The first-order valence-electron chi connectivity index (χ1n) is 6.32. The number of nitro benzene ring substituents is 1. The second-order valence-corrected chi connectivity index (χ2v) is 4.98. The molecule has 0 amide bonds. The lowest BCUT2D eigenvalue weighted by Gasteiger charge is -2.09. The molecule has 6 heteroatoms. The lowest BCUT2D eigenvalue weighted by molar-refractivity contribution is -0.384. The Balaban J connectivity index is 2.19. The summed E-state index contributed by atoms with van der Waals surface area (Å²) in [5, 5.41) is 14.8. The van der Waals surface area contributed by atoms with Crippen molar-refractivity contribution in [3.05, 3.63) is 62.7 Å². The predicted octanol–water partition coefficient (Wildman–Crippen LogP) is 4.18. The van der Waals surface area contributed by atoms with Gasteiger partial charge in [0.1, 0.15) is 11.4 Å². The highest BCUT2D eigenvalue weighted by atomic mass is 35.5. The summed E-state index contributed by atoms with van der Waals surface area (Å²) < 4.78 is 5.00. The summed E-state index contributed by atoms with van der Waals surface area (Å²) in [6.45, 7) is 2.38. The quantitative estimate of drug-likeness (QED) is 0.665. The van der Waals surface area contributed by atoms with E-state index in [-0.39, 0.29) is 5.69 Å². The molecule has 0 spiro atoms. The van der Waals surface area contributed by atoms with Crippen LogP contribution < -0.4 is 10.1 Å². The number of methoxy groups -OCH3 is 1. The lowest BCUT2D eigenvalue weighted by atomic mass is 10.1. The zero-order chi connectivity index (χ0) is 15.4. The van der Waals surface area contributed by atoms with E-state index in [4.69, 9.17) is 16.3 Å². The lowest BCUT2D eigenvalue weighted by Crippen LogP contribution is -2.03. The monoisotopic (exact) mass is 306 g/mol. The Morgan fingerprint density at radius 3 is 2.67 bits per heavy atom. The van der Waals surface area contributed by atoms with Crippen molar-refractivity contribution in [3.8, 4) is 5.75 Å². The summed E-state index contributed by atoms with van der Waals surface area (Å²) >= 11 is 6.06. The molecule has 110 valence electrons. The van der Waals surface area contributed by atoms with Crippen molar-refractivity contribution in [3.63, 3.8) is 0 Å². The van der Waals surface area contributed by atoms with Gasteiger partial charge in [0.05, 0.1) is 18.1 Å². The molecular weight excluding hydrogens is 292 g/mol. The minimum absolute atomic E-state index is 0.0208. The molecule has 2 rings (SSSR count). The van der Waals surface area contributed by atoms with Gasteiger partial charge in [-0.05, 0) is 36.2 Å². The van der Waals surface area contributed by atoms with E-state index in [1.165, 1.54) is 13.2 Å². The molecular formula is C15H15ClN2O3. The van der Waals surface area contributed by atoms with Crippen LogP contribution >= 0.6 is 11.6 Å². The van der Waals surface area contributed by atoms with E-state index in [2.05, 4.69) is 5.32 Å². The predicted molar refractivity (Wildman–Crippen MR) is 83.2 cm³/mol. The summed E-state index contributed by atoms with van der Waals surface area (Å²) in [7, 11) is 1.47. The van der Waals surface area contributed by atoms with Crippen LogP contribution in [0.15, 0.2) is 36.4 Å². The number of anilines is 1. The minimum Gasteiger partial charge on any atom is -0.496 e. The Morgan fingerprint density at radius 1 is 1.29 bits per heavy atom. The molecule has 0 unspecified atom stereocenters. The summed E-state index contributed by atoms with van der Waals surface area (Å²) in [5.41, 5.74) is 2.37. The Hall–Kier alpha value is -2.27. The van der Waals surface area contributed by atoms with Gasteiger partial charge < -0.3 is 10.1 Å². The van der Waals surface area contributed by atoms with E-state index in [9.17, 15) is 10.1 Å². The first kappa shape index (κ1) is 15.1. The van der Waals surface area contributed by atoms with E-state index in [1.54, 1.807) is 12.1 Å². The fourth-order valence-electron chi connectivity index (χ4n) is 1.88. The normalized spacial score (nSPS) is 10.2. The van der Waals surface area contributed by atoms with Crippen molar-refractivity contribution in [2.24, 2.45) is 0 Å². The molecule has 0 aliphatic rings. The highest BCUT2D eigenvalue weighted by Crippen LogP contribution is 2.29. The molecule has 21 heavy (non-hydrogen) atoms. The highest BCUT2D eigenvalue weighted by molar-refractivity contribution is 6.31. The molecule has 0 aromatic heterocycles. The maximum absolute atomic E-state index is 11.1. The molecule has 0 heterocycles. The van der Waals surface area contributed by atoms with Gasteiger partial charge in [0, 0.05) is 11.6 Å². The van der Waals surface area contributed by atoms with Crippen LogP contribution in [-0.4, -0.2) is 12.0 Å². The minimum atomic E-state index is -0.438. The number of hydrogen-bond acceptors (Lipinski definition) is 4. The van der Waals surface area contributed by atoms with Crippen LogP contribution in [0, 0.1) is 17.0 Å². The van der Waals surface area contributed by atoms with Gasteiger partial charge >= 0.3 is 0 Å². The SMILES string of the molecule is COc1ccc(NCc2ccc(C)c(Cl)c2)c([N+](=O)[O-])c1. The maximum Gasteiger partial charge on any atom is 0.296 e. The van der Waals surface area contributed by atoms with Gasteiger partial charge in [0.25, 0.3) is 5.69 Å². The molecule has 2 aromatic carbocycles. The van der Waals surface area contributed by atoms with Crippen LogP contribution in [0.25, 0.3) is 0 Å². The molecule has 0 radical (unpaired) electrons. The molecule has 0 aliphatic carbocycles. The molecule has 0 bridgehead atoms. The Morgan fingerprint density at radius 2 is 2.05 bits per heavy atom. The number of nitrogens with zero attached hydrogens (tertiary/aromatic N) is 1. The standard InChI is InChI=1S/C15H15ClN2O3/c1-10-3-4-11(7-13(10)16)9-17-14-6-5-12(21-2)8-15(14)18(19)20/h3-8,17H,9H2,1-2H3. The van der Waals surface area contributed by atoms with Gasteiger partial charge in [-0.25, -0.2) is 0 Å². The number of nitro groups is 1. The Labute approximate surface area is 127 Å². The number of hydrogen-bond donors (Lipinski definition) is 1. The number of benzene rings is 2. The average molecular weight is 307 g/mol.